The summed E-state index contributed by atoms with van der Waals surface area (Å²) < 4.78 is 0. The number of halogens is 1. The molecule has 2 aromatic rings. The van der Waals surface area contributed by atoms with Gasteiger partial charge in [-0.3, -0.25) is 0 Å². The molecule has 1 aromatic heterocycles. The van der Waals surface area contributed by atoms with E-state index in [2.05, 4.69) is 50.2 Å². The van der Waals surface area contributed by atoms with Crippen LogP contribution in [0.15, 0.2) is 30.5 Å². The molecule has 2 atom stereocenters. The zero-order valence-electron chi connectivity index (χ0n) is 11.1. The van der Waals surface area contributed by atoms with Crippen molar-refractivity contribution in [3.05, 3.63) is 30.5 Å². The molecule has 1 aliphatic rings. The molecule has 1 heterocycles. The number of hydrogen-bond donors (Lipinski definition) is 0. The van der Waals surface area contributed by atoms with Gasteiger partial charge in [-0.2, -0.15) is 10.2 Å². The number of fused-ring (bicyclic) bond motifs is 1. The van der Waals surface area contributed by atoms with Crippen molar-refractivity contribution in [1.82, 2.24) is 10.2 Å². The predicted octanol–water partition coefficient (Wildman–Crippen LogP) is 3.77. The molecule has 4 heteroatoms. The first-order chi connectivity index (χ1) is 9.27. The molecule has 3 nitrogen and oxygen atoms in total. The molecule has 0 N–H and O–H groups in total. The largest absolute Gasteiger partial charge is 0.369 e. The zero-order valence-corrected chi connectivity index (χ0v) is 12.7. The van der Waals surface area contributed by atoms with E-state index in [1.807, 2.05) is 18.3 Å². The van der Waals surface area contributed by atoms with E-state index in [0.29, 0.717) is 10.9 Å². The summed E-state index contributed by atoms with van der Waals surface area (Å²) in [6, 6.07) is 8.76. The van der Waals surface area contributed by atoms with Crippen molar-refractivity contribution in [3.8, 4) is 0 Å². The summed E-state index contributed by atoms with van der Waals surface area (Å²) in [6.45, 7) is 0. The van der Waals surface area contributed by atoms with E-state index in [1.165, 1.54) is 36.8 Å². The third-order valence-corrected chi connectivity index (χ3v) is 5.12. The fourth-order valence-corrected chi connectivity index (χ4v) is 3.90. The second-order valence-corrected chi connectivity index (χ2v) is 6.40. The van der Waals surface area contributed by atoms with Crippen molar-refractivity contribution in [2.45, 2.75) is 36.6 Å². The standard InChI is InChI=1S/C15H18BrN3/c1-19(14-9-5-3-7-12(14)16)15-10-17-18-13-8-4-2-6-11(13)15/h2,4,6,8,10,12,14H,3,5,7,9H2,1H3. The Morgan fingerprint density at radius 1 is 1.21 bits per heavy atom. The van der Waals surface area contributed by atoms with Gasteiger partial charge in [0.25, 0.3) is 0 Å². The first kappa shape index (κ1) is 12.9. The Bertz CT molecular complexity index is 567. The van der Waals surface area contributed by atoms with Gasteiger partial charge in [-0.05, 0) is 18.9 Å². The Morgan fingerprint density at radius 3 is 2.84 bits per heavy atom. The minimum absolute atomic E-state index is 0.543. The number of aromatic nitrogens is 2. The maximum atomic E-state index is 4.20. The van der Waals surface area contributed by atoms with Gasteiger partial charge in [0.05, 0.1) is 17.4 Å². The van der Waals surface area contributed by atoms with E-state index >= 15 is 0 Å². The van der Waals surface area contributed by atoms with Gasteiger partial charge in [0.15, 0.2) is 0 Å². The van der Waals surface area contributed by atoms with Gasteiger partial charge in [0.2, 0.25) is 0 Å². The summed E-state index contributed by atoms with van der Waals surface area (Å²) in [6.07, 6.45) is 7.02. The molecule has 0 bridgehead atoms. The topological polar surface area (TPSA) is 29.0 Å². The Kier molecular flexibility index (Phi) is 3.69. The normalized spacial score (nSPS) is 23.5. The average Bonchev–Trinajstić information content (AvgIpc) is 2.46. The molecule has 0 saturated heterocycles. The maximum Gasteiger partial charge on any atom is 0.0950 e. The van der Waals surface area contributed by atoms with Crippen molar-refractivity contribution >= 4 is 32.5 Å². The SMILES string of the molecule is CN(c1cnnc2ccccc12)C1CCCCC1Br. The smallest absolute Gasteiger partial charge is 0.0950 e. The summed E-state index contributed by atoms with van der Waals surface area (Å²) in [7, 11) is 2.17. The van der Waals surface area contributed by atoms with Crippen molar-refractivity contribution < 1.29 is 0 Å². The van der Waals surface area contributed by atoms with Crippen LogP contribution in [0.4, 0.5) is 5.69 Å². The minimum atomic E-state index is 0.543. The second kappa shape index (κ2) is 5.45. The number of benzene rings is 1. The van der Waals surface area contributed by atoms with Crippen molar-refractivity contribution in [2.75, 3.05) is 11.9 Å². The van der Waals surface area contributed by atoms with Gasteiger partial charge in [0, 0.05) is 23.3 Å². The molecule has 1 saturated carbocycles. The van der Waals surface area contributed by atoms with Crippen LogP contribution in [-0.4, -0.2) is 28.1 Å². The molecule has 0 amide bonds. The van der Waals surface area contributed by atoms with Crippen LogP contribution in [0.5, 0.6) is 0 Å². The van der Waals surface area contributed by atoms with Gasteiger partial charge in [-0.15, -0.1) is 0 Å². The van der Waals surface area contributed by atoms with Crippen LogP contribution in [0.3, 0.4) is 0 Å². The Labute approximate surface area is 122 Å². The molecule has 0 spiro atoms. The second-order valence-electron chi connectivity index (χ2n) is 5.23. The van der Waals surface area contributed by atoms with Crippen LogP contribution in [0, 0.1) is 0 Å². The van der Waals surface area contributed by atoms with Gasteiger partial charge in [-0.25, -0.2) is 0 Å². The Morgan fingerprint density at radius 2 is 2.00 bits per heavy atom. The van der Waals surface area contributed by atoms with Gasteiger partial charge < -0.3 is 4.90 Å². The molecule has 1 aromatic carbocycles. The van der Waals surface area contributed by atoms with Crippen LogP contribution in [0.1, 0.15) is 25.7 Å². The zero-order chi connectivity index (χ0) is 13.2. The summed E-state index contributed by atoms with van der Waals surface area (Å²) in [5, 5.41) is 9.53. The van der Waals surface area contributed by atoms with Crippen LogP contribution in [0.2, 0.25) is 0 Å². The fourth-order valence-electron chi connectivity index (χ4n) is 2.95. The summed E-state index contributed by atoms with van der Waals surface area (Å²) in [4.78, 5) is 2.94. The first-order valence-electron chi connectivity index (χ1n) is 6.84. The third kappa shape index (κ3) is 2.46. The molecular formula is C15H18BrN3. The monoisotopic (exact) mass is 319 g/mol. The molecule has 1 fully saturated rings. The quantitative estimate of drug-likeness (QED) is 0.789. The predicted molar refractivity (Wildman–Crippen MR) is 82.9 cm³/mol. The van der Waals surface area contributed by atoms with E-state index in [9.17, 15) is 0 Å². The van der Waals surface area contributed by atoms with Crippen molar-refractivity contribution in [2.24, 2.45) is 0 Å². The fraction of sp³-hybridized carbons (Fsp3) is 0.467. The van der Waals surface area contributed by atoms with E-state index in [4.69, 9.17) is 0 Å². The lowest BCUT2D eigenvalue weighted by atomic mass is 9.94. The lowest BCUT2D eigenvalue weighted by Gasteiger charge is -2.36. The van der Waals surface area contributed by atoms with Crippen LogP contribution < -0.4 is 4.90 Å². The highest BCUT2D eigenvalue weighted by Gasteiger charge is 2.27. The summed E-state index contributed by atoms with van der Waals surface area (Å²) in [5.41, 5.74) is 2.15. The van der Waals surface area contributed by atoms with Gasteiger partial charge in [-0.1, -0.05) is 47.0 Å². The van der Waals surface area contributed by atoms with E-state index in [1.54, 1.807) is 0 Å². The molecule has 0 radical (unpaired) electrons. The summed E-state index contributed by atoms with van der Waals surface area (Å²) in [5.74, 6) is 0. The van der Waals surface area contributed by atoms with E-state index in [0.717, 1.165) is 5.52 Å². The Balaban J connectivity index is 1.99. The van der Waals surface area contributed by atoms with Gasteiger partial charge >= 0.3 is 0 Å². The number of anilines is 1. The lowest BCUT2D eigenvalue weighted by molar-refractivity contribution is 0.444. The maximum absolute atomic E-state index is 4.20. The highest BCUT2D eigenvalue weighted by atomic mass is 79.9. The van der Waals surface area contributed by atoms with E-state index in [-0.39, 0.29) is 0 Å². The molecule has 19 heavy (non-hydrogen) atoms. The molecule has 3 rings (SSSR count). The van der Waals surface area contributed by atoms with E-state index < -0.39 is 0 Å². The first-order valence-corrected chi connectivity index (χ1v) is 7.76. The molecule has 2 unspecified atom stereocenters. The number of rotatable bonds is 2. The highest BCUT2D eigenvalue weighted by molar-refractivity contribution is 9.09. The van der Waals surface area contributed by atoms with Gasteiger partial charge in [0.1, 0.15) is 0 Å². The molecule has 1 aliphatic carbocycles. The van der Waals surface area contributed by atoms with Crippen molar-refractivity contribution in [3.63, 3.8) is 0 Å². The Hall–Kier alpha value is -1.16. The average molecular weight is 320 g/mol. The molecule has 100 valence electrons. The van der Waals surface area contributed by atoms with Crippen LogP contribution in [0.25, 0.3) is 10.9 Å². The minimum Gasteiger partial charge on any atom is -0.369 e. The van der Waals surface area contributed by atoms with Crippen LogP contribution >= 0.6 is 15.9 Å². The van der Waals surface area contributed by atoms with Crippen LogP contribution in [-0.2, 0) is 0 Å². The molecule has 0 aliphatic heterocycles. The summed E-state index contributed by atoms with van der Waals surface area (Å²) >= 11 is 3.84. The number of hydrogen-bond acceptors (Lipinski definition) is 3. The number of nitrogens with zero attached hydrogens (tertiary/aromatic N) is 3. The lowest BCUT2D eigenvalue weighted by Crippen LogP contribution is -2.40. The molecular weight excluding hydrogens is 302 g/mol. The third-order valence-electron chi connectivity index (χ3n) is 4.05. The van der Waals surface area contributed by atoms with Crippen molar-refractivity contribution in [1.29, 1.82) is 0 Å². The highest BCUT2D eigenvalue weighted by Crippen LogP contribution is 2.33. The number of alkyl halides is 1.